The van der Waals surface area contributed by atoms with Crippen molar-refractivity contribution in [1.29, 1.82) is 0 Å². The molecule has 0 aromatic heterocycles. The number of Topliss-reactive ketones (excluding diaryl/α,β-unsaturated/α-hetero) is 1. The summed E-state index contributed by atoms with van der Waals surface area (Å²) in [4.78, 5) is 11.5. The summed E-state index contributed by atoms with van der Waals surface area (Å²) >= 11 is 0. The van der Waals surface area contributed by atoms with Crippen LogP contribution in [0.15, 0.2) is 24.3 Å². The summed E-state index contributed by atoms with van der Waals surface area (Å²) in [6, 6.07) is 7.93. The quantitative estimate of drug-likeness (QED) is 0.753. The van der Waals surface area contributed by atoms with E-state index in [4.69, 9.17) is 4.74 Å². The molecule has 3 heteroatoms. The fraction of sp³-hybridized carbons (Fsp3) is 0.533. The summed E-state index contributed by atoms with van der Waals surface area (Å²) in [5, 5.41) is 3.43. The van der Waals surface area contributed by atoms with E-state index in [0.29, 0.717) is 18.9 Å². The molecule has 1 N–H and O–H groups in total. The van der Waals surface area contributed by atoms with E-state index in [1.165, 1.54) is 0 Å². The molecular weight excluding hydrogens is 226 g/mol. The first-order chi connectivity index (χ1) is 8.58. The van der Waals surface area contributed by atoms with Gasteiger partial charge in [0.25, 0.3) is 0 Å². The molecule has 0 heterocycles. The Morgan fingerprint density at radius 2 is 1.89 bits per heavy atom. The number of rotatable bonds is 7. The molecule has 100 valence electrons. The first kappa shape index (κ1) is 14.7. The third-order valence-electron chi connectivity index (χ3n) is 3.03. The molecule has 0 aliphatic heterocycles. The minimum Gasteiger partial charge on any atom is -0.383 e. The van der Waals surface area contributed by atoms with Gasteiger partial charge in [-0.2, -0.15) is 0 Å². The van der Waals surface area contributed by atoms with Gasteiger partial charge in [-0.3, -0.25) is 4.79 Å². The lowest BCUT2D eigenvalue weighted by molar-refractivity contribution is 0.0988. The summed E-state index contributed by atoms with van der Waals surface area (Å²) in [5.41, 5.74) is 1.80. The van der Waals surface area contributed by atoms with Gasteiger partial charge in [0.1, 0.15) is 0 Å². The van der Waals surface area contributed by atoms with Crippen molar-refractivity contribution in [3.05, 3.63) is 29.8 Å². The van der Waals surface area contributed by atoms with Gasteiger partial charge in [-0.25, -0.2) is 0 Å². The van der Waals surface area contributed by atoms with E-state index in [1.807, 2.05) is 31.2 Å². The molecule has 0 aliphatic carbocycles. The zero-order valence-corrected chi connectivity index (χ0v) is 11.7. The van der Waals surface area contributed by atoms with Gasteiger partial charge in [-0.1, -0.05) is 20.8 Å². The third-order valence-corrected chi connectivity index (χ3v) is 3.03. The van der Waals surface area contributed by atoms with Crippen molar-refractivity contribution in [2.45, 2.75) is 33.2 Å². The van der Waals surface area contributed by atoms with Gasteiger partial charge in [0, 0.05) is 24.8 Å². The van der Waals surface area contributed by atoms with E-state index in [-0.39, 0.29) is 11.8 Å². The molecule has 0 saturated heterocycles. The molecule has 1 unspecified atom stereocenters. The lowest BCUT2D eigenvalue weighted by Gasteiger charge is -2.22. The molecule has 0 saturated carbocycles. The molecule has 0 bridgehead atoms. The van der Waals surface area contributed by atoms with E-state index >= 15 is 0 Å². The molecule has 1 aromatic carbocycles. The molecule has 1 atom stereocenters. The first-order valence-electron chi connectivity index (χ1n) is 6.47. The van der Waals surface area contributed by atoms with E-state index in [1.54, 1.807) is 7.11 Å². The first-order valence-corrected chi connectivity index (χ1v) is 6.47. The average molecular weight is 249 g/mol. The highest BCUT2D eigenvalue weighted by molar-refractivity contribution is 5.96. The van der Waals surface area contributed by atoms with E-state index < -0.39 is 0 Å². The van der Waals surface area contributed by atoms with Crippen LogP contribution in [0.5, 0.6) is 0 Å². The second-order valence-electron chi connectivity index (χ2n) is 4.80. The summed E-state index contributed by atoms with van der Waals surface area (Å²) < 4.78 is 5.20. The normalized spacial score (nSPS) is 12.5. The lowest BCUT2D eigenvalue weighted by Crippen LogP contribution is -2.30. The monoisotopic (exact) mass is 249 g/mol. The van der Waals surface area contributed by atoms with Crippen LogP contribution in [0.3, 0.4) is 0 Å². The Kier molecular flexibility index (Phi) is 5.86. The van der Waals surface area contributed by atoms with Gasteiger partial charge in [0.2, 0.25) is 0 Å². The lowest BCUT2D eigenvalue weighted by atomic mass is 10.0. The van der Waals surface area contributed by atoms with Crippen LogP contribution in [0.2, 0.25) is 0 Å². The number of ketones is 1. The molecule has 0 amide bonds. The molecule has 18 heavy (non-hydrogen) atoms. The Morgan fingerprint density at radius 3 is 2.33 bits per heavy atom. The number of anilines is 1. The number of carbonyl (C=O) groups is 1. The van der Waals surface area contributed by atoms with Crippen LogP contribution in [0.25, 0.3) is 0 Å². The SMILES string of the molecule is CCC(=O)c1ccc(NC(COC)C(C)C)cc1. The minimum atomic E-state index is 0.179. The van der Waals surface area contributed by atoms with Crippen LogP contribution < -0.4 is 5.32 Å². The fourth-order valence-corrected chi connectivity index (χ4v) is 1.75. The van der Waals surface area contributed by atoms with Crippen LogP contribution in [-0.4, -0.2) is 25.5 Å². The van der Waals surface area contributed by atoms with Gasteiger partial charge in [-0.15, -0.1) is 0 Å². The number of ether oxygens (including phenoxy) is 1. The van der Waals surface area contributed by atoms with Crippen molar-refractivity contribution in [1.82, 2.24) is 0 Å². The maximum atomic E-state index is 11.5. The Morgan fingerprint density at radius 1 is 1.28 bits per heavy atom. The Hall–Kier alpha value is -1.35. The Bertz CT molecular complexity index is 371. The van der Waals surface area contributed by atoms with Gasteiger partial charge in [-0.05, 0) is 30.2 Å². The number of hydrogen-bond acceptors (Lipinski definition) is 3. The summed E-state index contributed by atoms with van der Waals surface area (Å²) in [7, 11) is 1.71. The van der Waals surface area contributed by atoms with Crippen LogP contribution in [-0.2, 0) is 4.74 Å². The van der Waals surface area contributed by atoms with Crippen LogP contribution in [0, 0.1) is 5.92 Å². The molecule has 0 fully saturated rings. The number of carbonyl (C=O) groups excluding carboxylic acids is 1. The maximum Gasteiger partial charge on any atom is 0.162 e. The highest BCUT2D eigenvalue weighted by Gasteiger charge is 2.12. The topological polar surface area (TPSA) is 38.3 Å². The summed E-state index contributed by atoms with van der Waals surface area (Å²) in [6.07, 6.45) is 0.547. The zero-order valence-electron chi connectivity index (χ0n) is 11.7. The van der Waals surface area contributed by atoms with E-state index in [9.17, 15) is 4.79 Å². The molecular formula is C15H23NO2. The third kappa shape index (κ3) is 4.15. The minimum absolute atomic E-state index is 0.179. The number of methoxy groups -OCH3 is 1. The fourth-order valence-electron chi connectivity index (χ4n) is 1.75. The smallest absolute Gasteiger partial charge is 0.162 e. The number of hydrogen-bond donors (Lipinski definition) is 1. The van der Waals surface area contributed by atoms with Gasteiger partial charge in [0.05, 0.1) is 12.6 Å². The van der Waals surface area contributed by atoms with Crippen LogP contribution >= 0.6 is 0 Å². The van der Waals surface area contributed by atoms with E-state index in [2.05, 4.69) is 19.2 Å². The van der Waals surface area contributed by atoms with Crippen LogP contribution in [0.4, 0.5) is 5.69 Å². The maximum absolute atomic E-state index is 11.5. The largest absolute Gasteiger partial charge is 0.383 e. The molecule has 3 nitrogen and oxygen atoms in total. The van der Waals surface area contributed by atoms with Crippen molar-refractivity contribution >= 4 is 11.5 Å². The number of nitrogens with one attached hydrogen (secondary N) is 1. The van der Waals surface area contributed by atoms with Crippen molar-refractivity contribution in [3.63, 3.8) is 0 Å². The highest BCUT2D eigenvalue weighted by atomic mass is 16.5. The van der Waals surface area contributed by atoms with Crippen molar-refractivity contribution < 1.29 is 9.53 Å². The van der Waals surface area contributed by atoms with Crippen molar-refractivity contribution in [2.75, 3.05) is 19.0 Å². The zero-order chi connectivity index (χ0) is 13.5. The predicted octanol–water partition coefficient (Wildman–Crippen LogP) is 3.36. The molecule has 0 radical (unpaired) electrons. The van der Waals surface area contributed by atoms with Crippen molar-refractivity contribution in [3.8, 4) is 0 Å². The second kappa shape index (κ2) is 7.17. The number of benzene rings is 1. The summed E-state index contributed by atoms with van der Waals surface area (Å²) in [6.45, 7) is 6.87. The van der Waals surface area contributed by atoms with Gasteiger partial charge < -0.3 is 10.1 Å². The molecule has 1 aromatic rings. The van der Waals surface area contributed by atoms with Gasteiger partial charge >= 0.3 is 0 Å². The molecule has 0 aliphatic rings. The predicted molar refractivity (Wildman–Crippen MR) is 75.2 cm³/mol. The average Bonchev–Trinajstić information content (AvgIpc) is 2.38. The van der Waals surface area contributed by atoms with Crippen molar-refractivity contribution in [2.24, 2.45) is 5.92 Å². The van der Waals surface area contributed by atoms with Crippen LogP contribution in [0.1, 0.15) is 37.6 Å². The molecule has 0 spiro atoms. The van der Waals surface area contributed by atoms with Gasteiger partial charge in [0.15, 0.2) is 5.78 Å². The summed E-state index contributed by atoms with van der Waals surface area (Å²) in [5.74, 6) is 0.667. The highest BCUT2D eigenvalue weighted by Crippen LogP contribution is 2.15. The second-order valence-corrected chi connectivity index (χ2v) is 4.80. The Labute approximate surface area is 110 Å². The standard InChI is InChI=1S/C15H23NO2/c1-5-15(17)12-6-8-13(9-7-12)16-14(10-18-4)11(2)3/h6-9,11,14,16H,5,10H2,1-4H3. The Balaban J connectivity index is 2.70. The van der Waals surface area contributed by atoms with E-state index in [0.717, 1.165) is 11.3 Å². The molecule has 1 rings (SSSR count).